The molecule has 0 saturated carbocycles. The predicted octanol–water partition coefficient (Wildman–Crippen LogP) is 1.34. The minimum absolute atomic E-state index is 0.0748. The number of likely N-dealkylation sites (N-methyl/N-ethyl adjacent to an activating group) is 1. The summed E-state index contributed by atoms with van der Waals surface area (Å²) in [6, 6.07) is 3.57. The third-order valence-corrected chi connectivity index (χ3v) is 3.25. The highest BCUT2D eigenvalue weighted by Crippen LogP contribution is 2.18. The van der Waals surface area contributed by atoms with E-state index >= 15 is 0 Å². The van der Waals surface area contributed by atoms with Crippen molar-refractivity contribution in [3.63, 3.8) is 0 Å². The molecular formula is C15H19N3O4. The number of rotatable bonds is 7. The SMILES string of the molecule is CCN(CCC(=O)O)C(=O)COc1cccn2cc(C)nc12. The second-order valence-electron chi connectivity index (χ2n) is 4.89. The molecule has 0 unspecified atom stereocenters. The molecule has 0 aromatic carbocycles. The van der Waals surface area contributed by atoms with Crippen LogP contribution in [0.4, 0.5) is 0 Å². The van der Waals surface area contributed by atoms with Crippen LogP contribution in [0.2, 0.25) is 0 Å². The number of amides is 1. The van der Waals surface area contributed by atoms with Gasteiger partial charge in [0.15, 0.2) is 18.0 Å². The topological polar surface area (TPSA) is 84.1 Å². The molecule has 2 heterocycles. The van der Waals surface area contributed by atoms with Crippen molar-refractivity contribution in [2.75, 3.05) is 19.7 Å². The zero-order chi connectivity index (χ0) is 16.1. The highest BCUT2D eigenvalue weighted by molar-refractivity contribution is 5.78. The van der Waals surface area contributed by atoms with Gasteiger partial charge in [0.2, 0.25) is 0 Å². The molecule has 2 rings (SSSR count). The second kappa shape index (κ2) is 6.93. The van der Waals surface area contributed by atoms with Gasteiger partial charge in [0.05, 0.1) is 12.1 Å². The average molecular weight is 305 g/mol. The summed E-state index contributed by atoms with van der Waals surface area (Å²) in [4.78, 5) is 28.5. The number of pyridine rings is 1. The van der Waals surface area contributed by atoms with Crippen LogP contribution in [0.1, 0.15) is 19.0 Å². The number of hydrogen-bond donors (Lipinski definition) is 1. The van der Waals surface area contributed by atoms with Crippen LogP contribution in [0.25, 0.3) is 5.65 Å². The van der Waals surface area contributed by atoms with E-state index in [1.807, 2.05) is 29.8 Å². The number of ether oxygens (including phenoxy) is 1. The first-order valence-electron chi connectivity index (χ1n) is 7.08. The van der Waals surface area contributed by atoms with Crippen LogP contribution in [-0.4, -0.2) is 51.0 Å². The zero-order valence-electron chi connectivity index (χ0n) is 12.7. The fourth-order valence-corrected chi connectivity index (χ4v) is 2.14. The van der Waals surface area contributed by atoms with Gasteiger partial charge in [-0.25, -0.2) is 4.98 Å². The first-order chi connectivity index (χ1) is 10.5. The maximum absolute atomic E-state index is 12.1. The van der Waals surface area contributed by atoms with Gasteiger partial charge in [-0.1, -0.05) is 0 Å². The maximum Gasteiger partial charge on any atom is 0.305 e. The smallest absolute Gasteiger partial charge is 0.305 e. The Bertz CT molecular complexity index is 680. The summed E-state index contributed by atoms with van der Waals surface area (Å²) in [5.74, 6) is -0.642. The summed E-state index contributed by atoms with van der Waals surface area (Å²) in [7, 11) is 0. The van der Waals surface area contributed by atoms with Crippen molar-refractivity contribution < 1.29 is 19.4 Å². The molecule has 0 atom stereocenters. The highest BCUT2D eigenvalue weighted by atomic mass is 16.5. The molecule has 2 aromatic heterocycles. The number of carbonyl (C=O) groups is 2. The minimum Gasteiger partial charge on any atom is -0.481 e. The Balaban J connectivity index is 2.01. The quantitative estimate of drug-likeness (QED) is 0.834. The molecule has 0 fully saturated rings. The van der Waals surface area contributed by atoms with E-state index in [0.717, 1.165) is 5.69 Å². The van der Waals surface area contributed by atoms with Gasteiger partial charge in [-0.3, -0.25) is 9.59 Å². The van der Waals surface area contributed by atoms with Crippen LogP contribution in [0.15, 0.2) is 24.5 Å². The summed E-state index contributed by atoms with van der Waals surface area (Å²) < 4.78 is 7.39. The third-order valence-electron chi connectivity index (χ3n) is 3.25. The average Bonchev–Trinajstić information content (AvgIpc) is 2.86. The molecule has 2 aromatic rings. The van der Waals surface area contributed by atoms with E-state index in [1.54, 1.807) is 13.0 Å². The van der Waals surface area contributed by atoms with Crippen LogP contribution >= 0.6 is 0 Å². The molecular weight excluding hydrogens is 286 g/mol. The first kappa shape index (κ1) is 15.8. The number of carbonyl (C=O) groups excluding carboxylic acids is 1. The number of carboxylic acids is 1. The molecule has 0 aliphatic carbocycles. The Hall–Kier alpha value is -2.57. The molecule has 22 heavy (non-hydrogen) atoms. The standard InChI is InChI=1S/C15H19N3O4/c1-3-17(8-6-14(20)21)13(19)10-22-12-5-4-7-18-9-11(2)16-15(12)18/h4-5,7,9H,3,6,8,10H2,1-2H3,(H,20,21). The van der Waals surface area contributed by atoms with E-state index in [1.165, 1.54) is 4.90 Å². The van der Waals surface area contributed by atoms with E-state index in [9.17, 15) is 9.59 Å². The molecule has 7 heteroatoms. The number of imidazole rings is 1. The molecule has 1 N–H and O–H groups in total. The Morgan fingerprint density at radius 1 is 1.45 bits per heavy atom. The van der Waals surface area contributed by atoms with Crippen LogP contribution in [0.3, 0.4) is 0 Å². The Morgan fingerprint density at radius 3 is 2.91 bits per heavy atom. The Morgan fingerprint density at radius 2 is 2.23 bits per heavy atom. The first-order valence-corrected chi connectivity index (χ1v) is 7.08. The normalized spacial score (nSPS) is 10.6. The number of aryl methyl sites for hydroxylation is 1. The number of fused-ring (bicyclic) bond motifs is 1. The summed E-state index contributed by atoms with van der Waals surface area (Å²) in [5.41, 5.74) is 1.51. The molecule has 0 spiro atoms. The minimum atomic E-state index is -0.926. The van der Waals surface area contributed by atoms with Gasteiger partial charge in [0.25, 0.3) is 5.91 Å². The lowest BCUT2D eigenvalue weighted by molar-refractivity contribution is -0.139. The van der Waals surface area contributed by atoms with E-state index in [4.69, 9.17) is 9.84 Å². The van der Waals surface area contributed by atoms with Crippen LogP contribution in [0.5, 0.6) is 5.75 Å². The number of aromatic nitrogens is 2. The van der Waals surface area contributed by atoms with Gasteiger partial charge in [0.1, 0.15) is 0 Å². The predicted molar refractivity (Wildman–Crippen MR) is 79.9 cm³/mol. The molecule has 0 radical (unpaired) electrons. The fourth-order valence-electron chi connectivity index (χ4n) is 2.14. The third kappa shape index (κ3) is 3.75. The van der Waals surface area contributed by atoms with Crippen LogP contribution < -0.4 is 4.74 Å². The van der Waals surface area contributed by atoms with Crippen molar-refractivity contribution in [2.24, 2.45) is 0 Å². The van der Waals surface area contributed by atoms with Crippen molar-refractivity contribution >= 4 is 17.5 Å². The van der Waals surface area contributed by atoms with E-state index in [0.29, 0.717) is 17.9 Å². The van der Waals surface area contributed by atoms with Gasteiger partial charge in [-0.05, 0) is 26.0 Å². The molecule has 118 valence electrons. The maximum atomic E-state index is 12.1. The summed E-state index contributed by atoms with van der Waals surface area (Å²) in [5, 5.41) is 8.69. The fraction of sp³-hybridized carbons (Fsp3) is 0.400. The van der Waals surface area contributed by atoms with Crippen molar-refractivity contribution in [3.05, 3.63) is 30.2 Å². The van der Waals surface area contributed by atoms with Gasteiger partial charge in [-0.2, -0.15) is 0 Å². The number of nitrogens with zero attached hydrogens (tertiary/aromatic N) is 3. The molecule has 0 saturated heterocycles. The zero-order valence-corrected chi connectivity index (χ0v) is 12.7. The molecule has 0 aliphatic rings. The number of carboxylic acid groups (broad SMARTS) is 1. The van der Waals surface area contributed by atoms with E-state index in [-0.39, 0.29) is 25.5 Å². The van der Waals surface area contributed by atoms with E-state index in [2.05, 4.69) is 4.98 Å². The lowest BCUT2D eigenvalue weighted by atomic mass is 10.3. The van der Waals surface area contributed by atoms with E-state index < -0.39 is 5.97 Å². The van der Waals surface area contributed by atoms with Crippen molar-refractivity contribution in [3.8, 4) is 5.75 Å². The molecule has 0 bridgehead atoms. The Kier molecular flexibility index (Phi) is 4.98. The number of aliphatic carboxylic acids is 1. The van der Waals surface area contributed by atoms with Gasteiger partial charge >= 0.3 is 5.97 Å². The van der Waals surface area contributed by atoms with Crippen LogP contribution in [-0.2, 0) is 9.59 Å². The van der Waals surface area contributed by atoms with Crippen LogP contribution in [0, 0.1) is 6.92 Å². The lowest BCUT2D eigenvalue weighted by Crippen LogP contribution is -2.36. The number of hydrogen-bond acceptors (Lipinski definition) is 4. The molecule has 7 nitrogen and oxygen atoms in total. The summed E-state index contributed by atoms with van der Waals surface area (Å²) >= 11 is 0. The van der Waals surface area contributed by atoms with Gasteiger partial charge < -0.3 is 19.1 Å². The van der Waals surface area contributed by atoms with Crippen molar-refractivity contribution in [1.82, 2.24) is 14.3 Å². The molecule has 0 aliphatic heterocycles. The largest absolute Gasteiger partial charge is 0.481 e. The molecule has 1 amide bonds. The van der Waals surface area contributed by atoms with Crippen molar-refractivity contribution in [2.45, 2.75) is 20.3 Å². The second-order valence-corrected chi connectivity index (χ2v) is 4.89. The van der Waals surface area contributed by atoms with Gasteiger partial charge in [-0.15, -0.1) is 0 Å². The summed E-state index contributed by atoms with van der Waals surface area (Å²) in [6.07, 6.45) is 3.65. The lowest BCUT2D eigenvalue weighted by Gasteiger charge is -2.20. The van der Waals surface area contributed by atoms with Gasteiger partial charge in [0, 0.05) is 25.5 Å². The van der Waals surface area contributed by atoms with Crippen molar-refractivity contribution in [1.29, 1.82) is 0 Å². The highest BCUT2D eigenvalue weighted by Gasteiger charge is 2.15. The monoisotopic (exact) mass is 305 g/mol. The summed E-state index contributed by atoms with van der Waals surface area (Å²) in [6.45, 7) is 4.17. The Labute approximate surface area is 128 Å².